The molecule has 3 unspecified atom stereocenters. The zero-order valence-corrected chi connectivity index (χ0v) is 12.9. The minimum absolute atomic E-state index is 0.0470. The van der Waals surface area contributed by atoms with Crippen LogP contribution < -0.4 is 0 Å². The molecule has 3 atom stereocenters. The molecule has 1 aromatic heterocycles. The third kappa shape index (κ3) is 1.97. The molecule has 2 aromatic rings. The van der Waals surface area contributed by atoms with E-state index in [-0.39, 0.29) is 5.38 Å². The molecule has 0 saturated heterocycles. The fourth-order valence-corrected chi connectivity index (χ4v) is 3.21. The zero-order chi connectivity index (χ0) is 12.9. The lowest BCUT2D eigenvalue weighted by atomic mass is 10.3. The highest BCUT2D eigenvalue weighted by atomic mass is 79.9. The molecule has 0 N–H and O–H groups in total. The minimum Gasteiger partial charge on any atom is -0.323 e. The van der Waals surface area contributed by atoms with Crippen LogP contribution in [0.15, 0.2) is 22.7 Å². The Morgan fingerprint density at radius 3 is 2.94 bits per heavy atom. The third-order valence-corrected chi connectivity index (χ3v) is 4.46. The summed E-state index contributed by atoms with van der Waals surface area (Å²) in [4.78, 5) is 4.70. The van der Waals surface area contributed by atoms with Gasteiger partial charge in [0, 0.05) is 10.5 Å². The van der Waals surface area contributed by atoms with Crippen LogP contribution in [0.25, 0.3) is 11.0 Å². The molecular formula is C14H16BrClN2. The molecule has 0 radical (unpaired) electrons. The molecule has 18 heavy (non-hydrogen) atoms. The Labute approximate surface area is 120 Å². The van der Waals surface area contributed by atoms with Crippen molar-refractivity contribution in [3.63, 3.8) is 0 Å². The number of alkyl halides is 1. The number of fused-ring (bicyclic) bond motifs is 1. The first-order valence-corrected chi connectivity index (χ1v) is 7.66. The fraction of sp³-hybridized carbons (Fsp3) is 0.500. The summed E-state index contributed by atoms with van der Waals surface area (Å²) < 4.78 is 3.42. The van der Waals surface area contributed by atoms with Gasteiger partial charge in [-0.15, -0.1) is 11.6 Å². The Morgan fingerprint density at radius 2 is 2.33 bits per heavy atom. The van der Waals surface area contributed by atoms with Crippen molar-refractivity contribution in [2.75, 3.05) is 0 Å². The van der Waals surface area contributed by atoms with E-state index in [1.54, 1.807) is 0 Å². The van der Waals surface area contributed by atoms with E-state index >= 15 is 0 Å². The molecule has 2 nitrogen and oxygen atoms in total. The van der Waals surface area contributed by atoms with Gasteiger partial charge in [-0.2, -0.15) is 0 Å². The maximum Gasteiger partial charge on any atom is 0.127 e. The van der Waals surface area contributed by atoms with E-state index in [1.165, 1.54) is 18.4 Å². The van der Waals surface area contributed by atoms with Gasteiger partial charge in [0.05, 0.1) is 16.4 Å². The highest BCUT2D eigenvalue weighted by Crippen LogP contribution is 2.48. The summed E-state index contributed by atoms with van der Waals surface area (Å²) in [7, 11) is 0. The number of benzene rings is 1. The normalized spacial score (nSPS) is 24.4. The van der Waals surface area contributed by atoms with Gasteiger partial charge in [0.15, 0.2) is 0 Å². The molecular weight excluding hydrogens is 312 g/mol. The highest BCUT2D eigenvalue weighted by Gasteiger charge is 2.39. The fourth-order valence-electron chi connectivity index (χ4n) is 2.71. The average Bonchev–Trinajstić information content (AvgIpc) is 3.01. The Kier molecular flexibility index (Phi) is 3.15. The smallest absolute Gasteiger partial charge is 0.127 e. The number of imidazole rings is 1. The van der Waals surface area contributed by atoms with E-state index in [0.29, 0.717) is 6.04 Å². The van der Waals surface area contributed by atoms with E-state index < -0.39 is 0 Å². The summed E-state index contributed by atoms with van der Waals surface area (Å²) in [6, 6.07) is 6.88. The van der Waals surface area contributed by atoms with Crippen LogP contribution in [0.2, 0.25) is 0 Å². The number of hydrogen-bond acceptors (Lipinski definition) is 1. The summed E-state index contributed by atoms with van der Waals surface area (Å²) in [6.07, 6.45) is 2.49. The van der Waals surface area contributed by atoms with Gasteiger partial charge < -0.3 is 4.57 Å². The molecule has 96 valence electrons. The van der Waals surface area contributed by atoms with Gasteiger partial charge >= 0.3 is 0 Å². The summed E-state index contributed by atoms with van der Waals surface area (Å²) in [5.41, 5.74) is 2.25. The second kappa shape index (κ2) is 4.53. The maximum absolute atomic E-state index is 6.29. The molecule has 1 aliphatic carbocycles. The molecule has 1 aromatic carbocycles. The van der Waals surface area contributed by atoms with Crippen molar-refractivity contribution in [2.45, 2.75) is 38.1 Å². The van der Waals surface area contributed by atoms with Gasteiger partial charge in [-0.1, -0.05) is 29.3 Å². The Balaban J connectivity index is 2.17. The van der Waals surface area contributed by atoms with Gasteiger partial charge in [-0.25, -0.2) is 4.98 Å². The van der Waals surface area contributed by atoms with E-state index in [0.717, 1.165) is 21.7 Å². The first-order valence-electron chi connectivity index (χ1n) is 6.43. The summed E-state index contributed by atoms with van der Waals surface area (Å²) >= 11 is 9.79. The largest absolute Gasteiger partial charge is 0.323 e. The molecule has 1 aliphatic rings. The van der Waals surface area contributed by atoms with Crippen molar-refractivity contribution in [3.8, 4) is 0 Å². The maximum atomic E-state index is 6.29. The first-order chi connectivity index (χ1) is 8.61. The van der Waals surface area contributed by atoms with Crippen molar-refractivity contribution in [1.82, 2.24) is 9.55 Å². The highest BCUT2D eigenvalue weighted by molar-refractivity contribution is 9.10. The monoisotopic (exact) mass is 326 g/mol. The second-order valence-corrected chi connectivity index (χ2v) is 6.63. The second-order valence-electron chi connectivity index (χ2n) is 5.06. The minimum atomic E-state index is -0.0470. The number of hydrogen-bond donors (Lipinski definition) is 0. The van der Waals surface area contributed by atoms with Crippen LogP contribution >= 0.6 is 27.5 Å². The van der Waals surface area contributed by atoms with Gasteiger partial charge in [-0.3, -0.25) is 0 Å². The lowest BCUT2D eigenvalue weighted by Gasteiger charge is -2.10. The Morgan fingerprint density at radius 1 is 1.56 bits per heavy atom. The number of aromatic nitrogens is 2. The van der Waals surface area contributed by atoms with E-state index in [4.69, 9.17) is 16.6 Å². The van der Waals surface area contributed by atoms with Gasteiger partial charge in [0.25, 0.3) is 0 Å². The van der Waals surface area contributed by atoms with E-state index in [9.17, 15) is 0 Å². The van der Waals surface area contributed by atoms with Crippen LogP contribution in [0.5, 0.6) is 0 Å². The van der Waals surface area contributed by atoms with Crippen molar-refractivity contribution in [2.24, 2.45) is 5.92 Å². The first kappa shape index (κ1) is 12.5. The standard InChI is InChI=1S/C14H16BrClN2/c1-3-9-6-13(9)18-12-5-4-10(15)7-11(12)17-14(18)8(2)16/h4-5,7-9,13H,3,6H2,1-2H3. The molecule has 4 heteroatoms. The molecule has 1 fully saturated rings. The number of rotatable bonds is 3. The topological polar surface area (TPSA) is 17.8 Å². The van der Waals surface area contributed by atoms with Crippen LogP contribution in [0.1, 0.15) is 43.9 Å². The molecule has 1 saturated carbocycles. The van der Waals surface area contributed by atoms with Crippen LogP contribution in [-0.4, -0.2) is 9.55 Å². The van der Waals surface area contributed by atoms with E-state index in [1.807, 2.05) is 6.92 Å². The van der Waals surface area contributed by atoms with E-state index in [2.05, 4.69) is 45.6 Å². The zero-order valence-electron chi connectivity index (χ0n) is 10.5. The number of nitrogens with zero attached hydrogens (tertiary/aromatic N) is 2. The lowest BCUT2D eigenvalue weighted by molar-refractivity contribution is 0.624. The van der Waals surface area contributed by atoms with Crippen molar-refractivity contribution in [3.05, 3.63) is 28.5 Å². The average molecular weight is 328 g/mol. The summed E-state index contributed by atoms with van der Waals surface area (Å²) in [5.74, 6) is 1.80. The molecule has 0 spiro atoms. The molecule has 0 amide bonds. The van der Waals surface area contributed by atoms with Crippen molar-refractivity contribution in [1.29, 1.82) is 0 Å². The Bertz CT molecular complexity index is 591. The van der Waals surface area contributed by atoms with Crippen LogP contribution in [0, 0.1) is 5.92 Å². The van der Waals surface area contributed by atoms with Gasteiger partial charge in [0.2, 0.25) is 0 Å². The lowest BCUT2D eigenvalue weighted by Crippen LogP contribution is -2.03. The number of halogens is 2. The van der Waals surface area contributed by atoms with Crippen LogP contribution in [-0.2, 0) is 0 Å². The van der Waals surface area contributed by atoms with Crippen LogP contribution in [0.3, 0.4) is 0 Å². The SMILES string of the molecule is CCC1CC1n1c(C(C)Cl)nc2cc(Br)ccc21. The molecule has 1 heterocycles. The summed E-state index contributed by atoms with van der Waals surface area (Å²) in [5, 5.41) is -0.0470. The molecule has 0 bridgehead atoms. The van der Waals surface area contributed by atoms with Crippen LogP contribution in [0.4, 0.5) is 0 Å². The molecule has 3 rings (SSSR count). The van der Waals surface area contributed by atoms with Crippen molar-refractivity contribution >= 4 is 38.6 Å². The van der Waals surface area contributed by atoms with Gasteiger partial charge in [0.1, 0.15) is 5.82 Å². The summed E-state index contributed by atoms with van der Waals surface area (Å²) in [6.45, 7) is 4.25. The van der Waals surface area contributed by atoms with Crippen molar-refractivity contribution < 1.29 is 0 Å². The quantitative estimate of drug-likeness (QED) is 0.720. The van der Waals surface area contributed by atoms with Gasteiger partial charge in [-0.05, 0) is 37.5 Å². The predicted octanol–water partition coefficient (Wildman–Crippen LogP) is 5.07. The third-order valence-electron chi connectivity index (χ3n) is 3.78. The Hall–Kier alpha value is -0.540. The predicted molar refractivity (Wildman–Crippen MR) is 79.1 cm³/mol. The molecule has 0 aliphatic heterocycles.